The van der Waals surface area contributed by atoms with Crippen LogP contribution in [0, 0.1) is 0 Å². The molecule has 0 bridgehead atoms. The number of amides is 1. The Morgan fingerprint density at radius 2 is 2.16 bits per heavy atom. The minimum Gasteiger partial charge on any atom is -0.399 e. The number of nitrogens with zero attached hydrogens (tertiary/aromatic N) is 1. The van der Waals surface area contributed by atoms with Crippen molar-refractivity contribution in [3.05, 3.63) is 29.3 Å². The van der Waals surface area contributed by atoms with Crippen molar-refractivity contribution in [2.75, 3.05) is 39.2 Å². The molecule has 5 heteroatoms. The van der Waals surface area contributed by atoms with Gasteiger partial charge in [-0.2, -0.15) is 0 Å². The van der Waals surface area contributed by atoms with Crippen LogP contribution in [0.2, 0.25) is 0 Å². The standard InChI is InChI=1S/C14H20N2O3/c1-18-7-8-19-6-2-5-16-10-11-3-4-12(15)9-13(11)14(16)17/h3-4,9H,2,5-8,10,15H2,1H3. The van der Waals surface area contributed by atoms with E-state index in [-0.39, 0.29) is 5.91 Å². The number of carbonyl (C=O) groups is 1. The van der Waals surface area contributed by atoms with E-state index in [0.717, 1.165) is 17.5 Å². The number of anilines is 1. The average Bonchev–Trinajstić information content (AvgIpc) is 2.71. The van der Waals surface area contributed by atoms with Crippen molar-refractivity contribution in [1.29, 1.82) is 0 Å². The van der Waals surface area contributed by atoms with Crippen molar-refractivity contribution < 1.29 is 14.3 Å². The number of benzene rings is 1. The highest BCUT2D eigenvalue weighted by Crippen LogP contribution is 2.24. The Balaban J connectivity index is 1.77. The molecule has 0 atom stereocenters. The fraction of sp³-hybridized carbons (Fsp3) is 0.500. The first-order chi connectivity index (χ1) is 9.22. The van der Waals surface area contributed by atoms with Gasteiger partial charge in [-0.1, -0.05) is 6.07 Å². The number of methoxy groups -OCH3 is 1. The summed E-state index contributed by atoms with van der Waals surface area (Å²) in [6, 6.07) is 5.52. The van der Waals surface area contributed by atoms with E-state index >= 15 is 0 Å². The Bertz CT molecular complexity index is 448. The molecule has 0 unspecified atom stereocenters. The van der Waals surface area contributed by atoms with Gasteiger partial charge in [0.15, 0.2) is 0 Å². The van der Waals surface area contributed by atoms with Crippen molar-refractivity contribution in [2.45, 2.75) is 13.0 Å². The van der Waals surface area contributed by atoms with Gasteiger partial charge in [-0.05, 0) is 24.1 Å². The summed E-state index contributed by atoms with van der Waals surface area (Å²) in [6.45, 7) is 3.23. The van der Waals surface area contributed by atoms with E-state index in [1.165, 1.54) is 0 Å². The molecule has 0 radical (unpaired) electrons. The lowest BCUT2D eigenvalue weighted by atomic mass is 10.1. The Kier molecular flexibility index (Phi) is 4.76. The van der Waals surface area contributed by atoms with Crippen LogP contribution in [-0.2, 0) is 16.0 Å². The third-order valence-electron chi connectivity index (χ3n) is 3.16. The van der Waals surface area contributed by atoms with Gasteiger partial charge < -0.3 is 20.1 Å². The van der Waals surface area contributed by atoms with Gasteiger partial charge >= 0.3 is 0 Å². The molecular formula is C14H20N2O3. The minimum atomic E-state index is 0.0687. The van der Waals surface area contributed by atoms with Crippen molar-refractivity contribution in [3.63, 3.8) is 0 Å². The zero-order chi connectivity index (χ0) is 13.7. The van der Waals surface area contributed by atoms with E-state index in [1.54, 1.807) is 13.2 Å². The number of nitrogens with two attached hydrogens (primary N) is 1. The van der Waals surface area contributed by atoms with Crippen LogP contribution in [0.3, 0.4) is 0 Å². The summed E-state index contributed by atoms with van der Waals surface area (Å²) in [5.74, 6) is 0.0687. The largest absolute Gasteiger partial charge is 0.399 e. The molecule has 0 saturated heterocycles. The summed E-state index contributed by atoms with van der Waals surface area (Å²) < 4.78 is 10.3. The summed E-state index contributed by atoms with van der Waals surface area (Å²) >= 11 is 0. The van der Waals surface area contributed by atoms with Crippen molar-refractivity contribution >= 4 is 11.6 Å². The number of rotatable bonds is 7. The van der Waals surface area contributed by atoms with Crippen LogP contribution < -0.4 is 5.73 Å². The quantitative estimate of drug-likeness (QED) is 0.595. The normalized spacial score (nSPS) is 13.9. The number of fused-ring (bicyclic) bond motifs is 1. The topological polar surface area (TPSA) is 64.8 Å². The van der Waals surface area contributed by atoms with Crippen LogP contribution in [0.4, 0.5) is 5.69 Å². The molecular weight excluding hydrogens is 244 g/mol. The molecule has 0 aliphatic carbocycles. The molecule has 0 fully saturated rings. The van der Waals surface area contributed by atoms with Gasteiger partial charge in [0.2, 0.25) is 0 Å². The molecule has 2 rings (SSSR count). The third-order valence-corrected chi connectivity index (χ3v) is 3.16. The maximum atomic E-state index is 12.1. The second-order valence-electron chi connectivity index (χ2n) is 4.60. The van der Waals surface area contributed by atoms with Gasteiger partial charge in [-0.3, -0.25) is 4.79 Å². The highest BCUT2D eigenvalue weighted by Gasteiger charge is 2.26. The zero-order valence-electron chi connectivity index (χ0n) is 11.2. The lowest BCUT2D eigenvalue weighted by molar-refractivity contribution is 0.0607. The van der Waals surface area contributed by atoms with E-state index in [4.69, 9.17) is 15.2 Å². The van der Waals surface area contributed by atoms with Gasteiger partial charge in [0.05, 0.1) is 13.2 Å². The summed E-state index contributed by atoms with van der Waals surface area (Å²) in [6.07, 6.45) is 0.832. The average molecular weight is 264 g/mol. The third kappa shape index (κ3) is 3.45. The lowest BCUT2D eigenvalue weighted by Gasteiger charge is -2.15. The summed E-state index contributed by atoms with van der Waals surface area (Å²) in [7, 11) is 1.65. The maximum absolute atomic E-state index is 12.1. The second-order valence-corrected chi connectivity index (χ2v) is 4.60. The number of carbonyl (C=O) groups excluding carboxylic acids is 1. The van der Waals surface area contributed by atoms with Crippen molar-refractivity contribution in [1.82, 2.24) is 4.90 Å². The molecule has 1 aliphatic rings. The first kappa shape index (κ1) is 13.8. The lowest BCUT2D eigenvalue weighted by Crippen LogP contribution is -2.26. The second kappa shape index (κ2) is 6.54. The van der Waals surface area contributed by atoms with Crippen LogP contribution in [-0.4, -0.2) is 44.3 Å². The first-order valence-electron chi connectivity index (χ1n) is 6.46. The zero-order valence-corrected chi connectivity index (χ0v) is 11.2. The van der Waals surface area contributed by atoms with Crippen LogP contribution in [0.5, 0.6) is 0 Å². The van der Waals surface area contributed by atoms with E-state index in [2.05, 4.69) is 0 Å². The number of hydrogen-bond acceptors (Lipinski definition) is 4. The summed E-state index contributed by atoms with van der Waals surface area (Å²) in [4.78, 5) is 14.0. The highest BCUT2D eigenvalue weighted by molar-refractivity contribution is 5.99. The van der Waals surface area contributed by atoms with Gasteiger partial charge in [-0.25, -0.2) is 0 Å². The number of hydrogen-bond donors (Lipinski definition) is 1. The summed E-state index contributed by atoms with van der Waals surface area (Å²) in [5.41, 5.74) is 8.13. The SMILES string of the molecule is COCCOCCCN1Cc2ccc(N)cc2C1=O. The van der Waals surface area contributed by atoms with Gasteiger partial charge in [0.25, 0.3) is 5.91 Å². The van der Waals surface area contributed by atoms with E-state index in [9.17, 15) is 4.79 Å². The molecule has 5 nitrogen and oxygen atoms in total. The molecule has 19 heavy (non-hydrogen) atoms. The molecule has 0 aromatic heterocycles. The van der Waals surface area contributed by atoms with Crippen LogP contribution in [0.15, 0.2) is 18.2 Å². The Morgan fingerprint density at radius 3 is 2.95 bits per heavy atom. The van der Waals surface area contributed by atoms with Crippen LogP contribution in [0.25, 0.3) is 0 Å². The van der Waals surface area contributed by atoms with Crippen LogP contribution >= 0.6 is 0 Å². The fourth-order valence-corrected chi connectivity index (χ4v) is 2.16. The number of nitrogen functional groups attached to an aromatic ring is 1. The molecule has 1 aromatic rings. The van der Waals surface area contributed by atoms with Gasteiger partial charge in [0, 0.05) is 38.1 Å². The molecule has 2 N–H and O–H groups in total. The highest BCUT2D eigenvalue weighted by atomic mass is 16.5. The Labute approximate surface area is 113 Å². The van der Waals surface area contributed by atoms with E-state index in [0.29, 0.717) is 38.6 Å². The number of ether oxygens (including phenoxy) is 2. The first-order valence-corrected chi connectivity index (χ1v) is 6.46. The molecule has 1 amide bonds. The Hall–Kier alpha value is -1.59. The predicted octanol–water partition coefficient (Wildman–Crippen LogP) is 1.28. The molecule has 1 heterocycles. The molecule has 0 saturated carbocycles. The van der Waals surface area contributed by atoms with Gasteiger partial charge in [0.1, 0.15) is 0 Å². The molecule has 1 aromatic carbocycles. The summed E-state index contributed by atoms with van der Waals surface area (Å²) in [5, 5.41) is 0. The van der Waals surface area contributed by atoms with Crippen molar-refractivity contribution in [3.8, 4) is 0 Å². The maximum Gasteiger partial charge on any atom is 0.254 e. The van der Waals surface area contributed by atoms with Crippen LogP contribution in [0.1, 0.15) is 22.3 Å². The van der Waals surface area contributed by atoms with Crippen molar-refractivity contribution in [2.24, 2.45) is 0 Å². The molecule has 0 spiro atoms. The molecule has 104 valence electrons. The van der Waals surface area contributed by atoms with E-state index in [1.807, 2.05) is 17.0 Å². The fourth-order valence-electron chi connectivity index (χ4n) is 2.16. The minimum absolute atomic E-state index is 0.0687. The monoisotopic (exact) mass is 264 g/mol. The Morgan fingerprint density at radius 1 is 1.32 bits per heavy atom. The molecule has 1 aliphatic heterocycles. The predicted molar refractivity (Wildman–Crippen MR) is 72.9 cm³/mol. The smallest absolute Gasteiger partial charge is 0.254 e. The van der Waals surface area contributed by atoms with Gasteiger partial charge in [-0.15, -0.1) is 0 Å². The van der Waals surface area contributed by atoms with E-state index < -0.39 is 0 Å².